The first kappa shape index (κ1) is 23.9. The molecule has 0 heterocycles. The van der Waals surface area contributed by atoms with Gasteiger partial charge in [-0.15, -0.1) is 0 Å². The highest BCUT2D eigenvalue weighted by Crippen LogP contribution is 1.94. The second-order valence-electron chi connectivity index (χ2n) is 4.23. The number of aliphatic hydroxyl groups is 2. The topological polar surface area (TPSA) is 129 Å². The minimum absolute atomic E-state index is 0.0918. The molecule has 9 heteroatoms. The highest BCUT2D eigenvalue weighted by Gasteiger charge is 2.07. The Bertz CT molecular complexity index is 391. The number of ether oxygens (including phenoxy) is 4. The molecule has 0 bridgehead atoms. The summed E-state index contributed by atoms with van der Waals surface area (Å²) in [5.41, 5.74) is 0.513. The molecule has 0 rings (SSSR count). The van der Waals surface area contributed by atoms with Crippen molar-refractivity contribution in [2.24, 2.45) is 0 Å². The van der Waals surface area contributed by atoms with Crippen molar-refractivity contribution in [1.29, 1.82) is 0 Å². The van der Waals surface area contributed by atoms with E-state index in [2.05, 4.69) is 32.1 Å². The third-order valence-electron chi connectivity index (χ3n) is 1.87. The van der Waals surface area contributed by atoms with Gasteiger partial charge in [0, 0.05) is 11.1 Å². The summed E-state index contributed by atoms with van der Waals surface area (Å²) in [7, 11) is 0. The molecule has 0 aliphatic carbocycles. The molecule has 0 aromatic rings. The van der Waals surface area contributed by atoms with E-state index in [0.717, 1.165) is 0 Å². The van der Waals surface area contributed by atoms with E-state index >= 15 is 0 Å². The fourth-order valence-corrected chi connectivity index (χ4v) is 0.807. The largest absolute Gasteiger partial charge is 0.508 e. The zero-order valence-corrected chi connectivity index (χ0v) is 13.9. The van der Waals surface area contributed by atoms with Crippen LogP contribution in [0.4, 0.5) is 4.79 Å². The van der Waals surface area contributed by atoms with E-state index in [9.17, 15) is 14.4 Å². The van der Waals surface area contributed by atoms with Crippen molar-refractivity contribution in [1.82, 2.24) is 0 Å². The Kier molecular flexibility index (Phi) is 15.4. The Morgan fingerprint density at radius 2 is 1.00 bits per heavy atom. The Morgan fingerprint density at radius 1 is 0.708 bits per heavy atom. The average Bonchev–Trinajstić information content (AvgIpc) is 2.54. The molecule has 0 aliphatic heterocycles. The second-order valence-corrected chi connectivity index (χ2v) is 4.23. The molecule has 0 saturated carbocycles. The van der Waals surface area contributed by atoms with Crippen molar-refractivity contribution >= 4 is 18.1 Å². The van der Waals surface area contributed by atoms with Crippen LogP contribution in [0.3, 0.4) is 0 Å². The summed E-state index contributed by atoms with van der Waals surface area (Å²) < 4.78 is 18.6. The van der Waals surface area contributed by atoms with Crippen molar-refractivity contribution in [3.63, 3.8) is 0 Å². The fourth-order valence-electron chi connectivity index (χ4n) is 0.807. The lowest BCUT2D eigenvalue weighted by molar-refractivity contribution is -0.140. The molecule has 0 aromatic carbocycles. The number of aliphatic hydroxyl groups excluding tert-OH is 2. The van der Waals surface area contributed by atoms with E-state index in [1.54, 1.807) is 0 Å². The van der Waals surface area contributed by atoms with Crippen LogP contribution in [0, 0.1) is 0 Å². The normalized spacial score (nSPS) is 9.00. The minimum atomic E-state index is -0.942. The van der Waals surface area contributed by atoms with E-state index in [4.69, 9.17) is 10.2 Å². The molecule has 2 N–H and O–H groups in total. The average molecular weight is 348 g/mol. The first-order valence-electron chi connectivity index (χ1n) is 6.92. The van der Waals surface area contributed by atoms with E-state index in [1.165, 1.54) is 13.8 Å². The summed E-state index contributed by atoms with van der Waals surface area (Å²) in [6.45, 7) is 9.08. The van der Waals surface area contributed by atoms with E-state index < -0.39 is 18.1 Å². The molecule has 0 unspecified atom stereocenters. The number of hydrogen-bond donors (Lipinski definition) is 2. The molecular formula is C15H24O9. The summed E-state index contributed by atoms with van der Waals surface area (Å²) >= 11 is 0. The van der Waals surface area contributed by atoms with Crippen LogP contribution in [-0.2, 0) is 28.5 Å². The zero-order chi connectivity index (χ0) is 19.0. The molecule has 138 valence electrons. The van der Waals surface area contributed by atoms with Crippen molar-refractivity contribution in [2.45, 2.75) is 13.8 Å². The first-order chi connectivity index (χ1) is 11.3. The summed E-state index contributed by atoms with van der Waals surface area (Å²) in [5.74, 6) is -1.12. The molecule has 0 aromatic heterocycles. The maximum absolute atomic E-state index is 11.0. The highest BCUT2D eigenvalue weighted by atomic mass is 16.7. The molecule has 0 fully saturated rings. The van der Waals surface area contributed by atoms with Gasteiger partial charge < -0.3 is 29.2 Å². The third-order valence-corrected chi connectivity index (χ3v) is 1.87. The van der Waals surface area contributed by atoms with Crippen molar-refractivity contribution in [2.75, 3.05) is 39.6 Å². The van der Waals surface area contributed by atoms with Gasteiger partial charge in [0.25, 0.3) is 0 Å². The van der Waals surface area contributed by atoms with Crippen LogP contribution in [0.25, 0.3) is 0 Å². The van der Waals surface area contributed by atoms with Gasteiger partial charge in [0.2, 0.25) is 0 Å². The number of rotatable bonds is 9. The molecule has 0 saturated heterocycles. The third kappa shape index (κ3) is 16.0. The number of carbonyl (C=O) groups excluding carboxylic acids is 3. The van der Waals surface area contributed by atoms with Crippen LogP contribution in [0.5, 0.6) is 0 Å². The van der Waals surface area contributed by atoms with Crippen LogP contribution in [0.15, 0.2) is 24.3 Å². The van der Waals surface area contributed by atoms with Gasteiger partial charge in [0.15, 0.2) is 0 Å². The minimum Gasteiger partial charge on any atom is -0.459 e. The Balaban J connectivity index is 0. The number of hydrogen-bond acceptors (Lipinski definition) is 9. The molecule has 0 spiro atoms. The Labute approximate surface area is 140 Å². The van der Waals surface area contributed by atoms with Gasteiger partial charge >= 0.3 is 18.1 Å². The van der Waals surface area contributed by atoms with Gasteiger partial charge in [-0.1, -0.05) is 13.2 Å². The smallest absolute Gasteiger partial charge is 0.459 e. The van der Waals surface area contributed by atoms with Crippen molar-refractivity contribution in [3.8, 4) is 0 Å². The lowest BCUT2D eigenvalue weighted by atomic mass is 10.4. The van der Waals surface area contributed by atoms with E-state index in [-0.39, 0.29) is 50.8 Å². The van der Waals surface area contributed by atoms with Crippen molar-refractivity contribution in [3.05, 3.63) is 24.3 Å². The number of carbonyl (C=O) groups is 3. The van der Waals surface area contributed by atoms with Gasteiger partial charge in [0.1, 0.15) is 26.4 Å². The van der Waals surface area contributed by atoms with Gasteiger partial charge in [0.05, 0.1) is 13.2 Å². The lowest BCUT2D eigenvalue weighted by Crippen LogP contribution is -2.17. The van der Waals surface area contributed by atoms with Crippen LogP contribution in [-0.4, -0.2) is 67.9 Å². The molecule has 0 atom stereocenters. The molecule has 24 heavy (non-hydrogen) atoms. The highest BCUT2D eigenvalue weighted by molar-refractivity contribution is 5.87. The summed E-state index contributed by atoms with van der Waals surface area (Å²) in [6, 6.07) is 0. The maximum atomic E-state index is 11.0. The van der Waals surface area contributed by atoms with E-state index in [1.807, 2.05) is 0 Å². The predicted octanol–water partition coefficient (Wildman–Crippen LogP) is 0.349. The molecule has 0 radical (unpaired) electrons. The standard InChI is InChI=1S/C13H18O7.C2H6O2/c1-9(2)11(14)17-5-7-19-13(16)20-8-6-18-12(15)10(3)4;3-1-2-4/h1,3,5-8H2,2,4H3;3-4H,1-2H2. The zero-order valence-electron chi connectivity index (χ0n) is 13.9. The lowest BCUT2D eigenvalue weighted by Gasteiger charge is -2.07. The first-order valence-corrected chi connectivity index (χ1v) is 6.92. The van der Waals surface area contributed by atoms with Gasteiger partial charge in [-0.2, -0.15) is 0 Å². The van der Waals surface area contributed by atoms with Crippen LogP contribution >= 0.6 is 0 Å². The number of esters is 2. The summed E-state index contributed by atoms with van der Waals surface area (Å²) in [5, 5.41) is 15.2. The second kappa shape index (κ2) is 15.5. The fraction of sp³-hybridized carbons (Fsp3) is 0.533. The molecule has 0 amide bonds. The molecule has 9 nitrogen and oxygen atoms in total. The predicted molar refractivity (Wildman–Crippen MR) is 83.0 cm³/mol. The van der Waals surface area contributed by atoms with Crippen molar-refractivity contribution < 1.29 is 43.5 Å². The summed E-state index contributed by atoms with van der Waals surface area (Å²) in [6.07, 6.45) is -0.942. The van der Waals surface area contributed by atoms with Gasteiger partial charge in [-0.3, -0.25) is 0 Å². The van der Waals surface area contributed by atoms with Gasteiger partial charge in [-0.05, 0) is 13.8 Å². The quantitative estimate of drug-likeness (QED) is 0.262. The Hall–Kier alpha value is -2.39. The monoisotopic (exact) mass is 348 g/mol. The van der Waals surface area contributed by atoms with Crippen LogP contribution in [0.1, 0.15) is 13.8 Å². The van der Waals surface area contributed by atoms with Crippen LogP contribution in [0.2, 0.25) is 0 Å². The molecular weight excluding hydrogens is 324 g/mol. The SMILES string of the molecule is C=C(C)C(=O)OCCOC(=O)OCCOC(=O)C(=C)C.OCCO. The maximum Gasteiger partial charge on any atom is 0.508 e. The van der Waals surface area contributed by atoms with Gasteiger partial charge in [-0.25, -0.2) is 14.4 Å². The van der Waals surface area contributed by atoms with Crippen LogP contribution < -0.4 is 0 Å². The molecule has 0 aliphatic rings. The summed E-state index contributed by atoms with van der Waals surface area (Å²) in [4.78, 5) is 33.0. The Morgan fingerprint density at radius 3 is 1.25 bits per heavy atom. The van der Waals surface area contributed by atoms with E-state index in [0.29, 0.717) is 0 Å².